The zero-order valence-corrected chi connectivity index (χ0v) is 20.5. The average Bonchev–Trinajstić information content (AvgIpc) is 2.80. The number of halogens is 1. The topological polar surface area (TPSA) is 80.3 Å². The van der Waals surface area contributed by atoms with Gasteiger partial charge in [0.15, 0.2) is 9.84 Å². The molecule has 0 radical (unpaired) electrons. The number of benzene rings is 4. The summed E-state index contributed by atoms with van der Waals surface area (Å²) in [6.45, 7) is 0. The van der Waals surface area contributed by atoms with Crippen molar-refractivity contribution in [2.75, 3.05) is 16.2 Å². The third-order valence-corrected chi connectivity index (χ3v) is 9.63. The summed E-state index contributed by atoms with van der Waals surface area (Å²) in [6, 6.07) is 25.5. The molecule has 0 aliphatic carbocycles. The molecular formula is C24H20ClNO4S3. The van der Waals surface area contributed by atoms with Crippen LogP contribution in [0.3, 0.4) is 0 Å². The Morgan fingerprint density at radius 2 is 1.36 bits per heavy atom. The molecule has 0 aromatic heterocycles. The van der Waals surface area contributed by atoms with Gasteiger partial charge in [0.05, 0.1) is 21.2 Å². The summed E-state index contributed by atoms with van der Waals surface area (Å²) in [5.74, 6) is 0.171. The summed E-state index contributed by atoms with van der Waals surface area (Å²) in [7, 11) is -7.30. The Bertz CT molecular complexity index is 1500. The molecule has 33 heavy (non-hydrogen) atoms. The van der Waals surface area contributed by atoms with Crippen LogP contribution in [0, 0.1) is 0 Å². The summed E-state index contributed by atoms with van der Waals surface area (Å²) in [6.07, 6.45) is 0. The summed E-state index contributed by atoms with van der Waals surface area (Å²) in [5, 5.41) is 2.25. The van der Waals surface area contributed by atoms with Gasteiger partial charge in [0.1, 0.15) is 0 Å². The van der Waals surface area contributed by atoms with Crippen molar-refractivity contribution in [3.05, 3.63) is 96.0 Å². The molecule has 4 aromatic rings. The molecule has 0 heterocycles. The lowest BCUT2D eigenvalue weighted by Gasteiger charge is -2.13. The van der Waals surface area contributed by atoms with E-state index in [0.717, 1.165) is 10.8 Å². The van der Waals surface area contributed by atoms with Gasteiger partial charge >= 0.3 is 0 Å². The largest absolute Gasteiger partial charge is 0.278 e. The van der Waals surface area contributed by atoms with Crippen LogP contribution in [0.25, 0.3) is 10.8 Å². The average molecular weight is 518 g/mol. The molecular weight excluding hydrogens is 498 g/mol. The first-order chi connectivity index (χ1) is 15.7. The predicted molar refractivity (Wildman–Crippen MR) is 135 cm³/mol. The van der Waals surface area contributed by atoms with Gasteiger partial charge < -0.3 is 0 Å². The molecule has 9 heteroatoms. The smallest absolute Gasteiger partial charge is 0.261 e. The van der Waals surface area contributed by atoms with E-state index in [2.05, 4.69) is 4.72 Å². The number of para-hydroxylation sites is 1. The maximum atomic E-state index is 13.0. The zero-order chi connectivity index (χ0) is 23.5. The quantitative estimate of drug-likeness (QED) is 0.296. The Hall–Kier alpha value is -2.52. The fourth-order valence-electron chi connectivity index (χ4n) is 3.24. The molecule has 0 fully saturated rings. The molecule has 1 N–H and O–H groups in total. The Labute approximate surface area is 202 Å². The molecule has 4 aromatic carbocycles. The second kappa shape index (κ2) is 9.77. The molecule has 0 saturated carbocycles. The number of fused-ring (bicyclic) bond motifs is 1. The standard InChI is InChI=1S/C24H20ClNO4S3/c25-20-10-13-21(14-11-20)32(27,28)16-15-31-24-8-4-3-7-23(24)26-33(29,30)22-12-9-18-5-1-2-6-19(18)17-22/h1-14,17,26H,15-16H2. The van der Waals surface area contributed by atoms with E-state index >= 15 is 0 Å². The maximum Gasteiger partial charge on any atom is 0.261 e. The van der Waals surface area contributed by atoms with E-state index < -0.39 is 19.9 Å². The second-order valence-corrected chi connectivity index (χ2v) is 12.6. The number of sulfonamides is 1. The van der Waals surface area contributed by atoms with E-state index in [1.165, 1.54) is 23.9 Å². The van der Waals surface area contributed by atoms with Crippen molar-refractivity contribution in [2.24, 2.45) is 0 Å². The maximum absolute atomic E-state index is 13.0. The minimum absolute atomic E-state index is 0.0922. The van der Waals surface area contributed by atoms with E-state index in [1.807, 2.05) is 24.3 Å². The minimum atomic E-state index is -3.82. The van der Waals surface area contributed by atoms with E-state index in [-0.39, 0.29) is 21.3 Å². The van der Waals surface area contributed by atoms with Crippen molar-refractivity contribution >= 4 is 59.7 Å². The van der Waals surface area contributed by atoms with Gasteiger partial charge in [-0.15, -0.1) is 11.8 Å². The van der Waals surface area contributed by atoms with Crippen molar-refractivity contribution in [1.82, 2.24) is 0 Å². The Morgan fingerprint density at radius 1 is 0.727 bits per heavy atom. The van der Waals surface area contributed by atoms with Gasteiger partial charge in [0.2, 0.25) is 0 Å². The summed E-state index contributed by atoms with van der Waals surface area (Å²) < 4.78 is 53.8. The number of hydrogen-bond acceptors (Lipinski definition) is 5. The third-order valence-electron chi connectivity index (χ3n) is 4.94. The van der Waals surface area contributed by atoms with Gasteiger partial charge in [0.25, 0.3) is 10.0 Å². The van der Waals surface area contributed by atoms with Crippen LogP contribution in [-0.4, -0.2) is 28.3 Å². The van der Waals surface area contributed by atoms with Crippen molar-refractivity contribution in [2.45, 2.75) is 14.7 Å². The normalized spacial score (nSPS) is 12.0. The molecule has 0 saturated heterocycles. The molecule has 4 rings (SSSR count). The Morgan fingerprint density at radius 3 is 2.12 bits per heavy atom. The van der Waals surface area contributed by atoms with E-state index in [4.69, 9.17) is 11.6 Å². The molecule has 0 bridgehead atoms. The summed E-state index contributed by atoms with van der Waals surface area (Å²) in [4.78, 5) is 1.01. The van der Waals surface area contributed by atoms with E-state index in [0.29, 0.717) is 15.6 Å². The van der Waals surface area contributed by atoms with Gasteiger partial charge in [0, 0.05) is 15.7 Å². The number of nitrogens with one attached hydrogen (secondary N) is 1. The summed E-state index contributed by atoms with van der Waals surface area (Å²) in [5.41, 5.74) is 0.402. The molecule has 170 valence electrons. The molecule has 0 amide bonds. The Kier molecular flexibility index (Phi) is 6.99. The van der Waals surface area contributed by atoms with Crippen molar-refractivity contribution in [3.63, 3.8) is 0 Å². The van der Waals surface area contributed by atoms with Crippen LogP contribution in [0.1, 0.15) is 0 Å². The second-order valence-electron chi connectivity index (χ2n) is 7.23. The van der Waals surface area contributed by atoms with Gasteiger partial charge in [-0.05, 0) is 59.3 Å². The van der Waals surface area contributed by atoms with Crippen LogP contribution in [-0.2, 0) is 19.9 Å². The Balaban J connectivity index is 1.49. The van der Waals surface area contributed by atoms with Crippen LogP contribution in [0.15, 0.2) is 106 Å². The summed E-state index contributed by atoms with van der Waals surface area (Å²) >= 11 is 7.11. The van der Waals surface area contributed by atoms with Crippen molar-refractivity contribution < 1.29 is 16.8 Å². The highest BCUT2D eigenvalue weighted by atomic mass is 35.5. The van der Waals surface area contributed by atoms with E-state index in [1.54, 1.807) is 54.6 Å². The zero-order valence-electron chi connectivity index (χ0n) is 17.3. The number of hydrogen-bond donors (Lipinski definition) is 1. The lowest BCUT2D eigenvalue weighted by atomic mass is 10.1. The highest BCUT2D eigenvalue weighted by molar-refractivity contribution is 8.01. The fourth-order valence-corrected chi connectivity index (χ4v) is 7.21. The van der Waals surface area contributed by atoms with Crippen LogP contribution in [0.2, 0.25) is 5.02 Å². The van der Waals surface area contributed by atoms with E-state index in [9.17, 15) is 16.8 Å². The van der Waals surface area contributed by atoms with Crippen LogP contribution >= 0.6 is 23.4 Å². The number of anilines is 1. The molecule has 0 aliphatic rings. The molecule has 0 unspecified atom stereocenters. The van der Waals surface area contributed by atoms with Crippen LogP contribution < -0.4 is 4.72 Å². The highest BCUT2D eigenvalue weighted by Crippen LogP contribution is 2.30. The monoisotopic (exact) mass is 517 g/mol. The lowest BCUT2D eigenvalue weighted by molar-refractivity contribution is 0.597. The SMILES string of the molecule is O=S(=O)(CCSc1ccccc1NS(=O)(=O)c1ccc2ccccc2c1)c1ccc(Cl)cc1. The molecule has 0 atom stereocenters. The van der Waals surface area contributed by atoms with Crippen molar-refractivity contribution in [3.8, 4) is 0 Å². The lowest BCUT2D eigenvalue weighted by Crippen LogP contribution is -2.14. The molecule has 5 nitrogen and oxygen atoms in total. The highest BCUT2D eigenvalue weighted by Gasteiger charge is 2.18. The molecule has 0 aliphatic heterocycles. The molecule has 0 spiro atoms. The van der Waals surface area contributed by atoms with Crippen LogP contribution in [0.4, 0.5) is 5.69 Å². The number of sulfone groups is 1. The number of thioether (sulfide) groups is 1. The van der Waals surface area contributed by atoms with Gasteiger partial charge in [-0.1, -0.05) is 54.1 Å². The first-order valence-corrected chi connectivity index (χ1v) is 14.5. The minimum Gasteiger partial charge on any atom is -0.278 e. The van der Waals surface area contributed by atoms with Gasteiger partial charge in [-0.25, -0.2) is 16.8 Å². The van der Waals surface area contributed by atoms with Crippen molar-refractivity contribution in [1.29, 1.82) is 0 Å². The van der Waals surface area contributed by atoms with Crippen LogP contribution in [0.5, 0.6) is 0 Å². The number of rotatable bonds is 8. The first-order valence-electron chi connectivity index (χ1n) is 9.96. The van der Waals surface area contributed by atoms with Gasteiger partial charge in [-0.2, -0.15) is 0 Å². The van der Waals surface area contributed by atoms with Gasteiger partial charge in [-0.3, -0.25) is 4.72 Å². The first kappa shape index (κ1) is 23.6. The predicted octanol–water partition coefficient (Wildman–Crippen LogP) is 5.86. The third kappa shape index (κ3) is 5.70. The fraction of sp³-hybridized carbons (Fsp3) is 0.0833.